The van der Waals surface area contributed by atoms with Crippen LogP contribution < -0.4 is 10.6 Å². The van der Waals surface area contributed by atoms with Crippen molar-refractivity contribution < 1.29 is 4.79 Å². The smallest absolute Gasteiger partial charge is 0.224 e. The molecule has 4 heteroatoms. The second kappa shape index (κ2) is 5.17. The highest BCUT2D eigenvalue weighted by Gasteiger charge is 2.35. The molecule has 102 valence electrons. The van der Waals surface area contributed by atoms with Gasteiger partial charge in [0.25, 0.3) is 0 Å². The summed E-state index contributed by atoms with van der Waals surface area (Å²) in [5, 5.41) is 6.51. The van der Waals surface area contributed by atoms with Crippen LogP contribution in [-0.4, -0.2) is 49.1 Å². The Balaban J connectivity index is 1.40. The molecule has 2 saturated heterocycles. The normalized spacial score (nSPS) is 37.1. The predicted molar refractivity (Wildman–Crippen MR) is 71.3 cm³/mol. The van der Waals surface area contributed by atoms with Crippen molar-refractivity contribution in [2.24, 2.45) is 11.8 Å². The molecule has 2 N–H and O–H groups in total. The molecule has 2 aliphatic heterocycles. The van der Waals surface area contributed by atoms with Crippen molar-refractivity contribution in [2.45, 2.75) is 44.7 Å². The summed E-state index contributed by atoms with van der Waals surface area (Å²) in [6, 6.07) is 1.22. The number of amides is 1. The molecule has 3 fully saturated rings. The van der Waals surface area contributed by atoms with Crippen LogP contribution in [-0.2, 0) is 4.79 Å². The van der Waals surface area contributed by atoms with Gasteiger partial charge in [-0.15, -0.1) is 0 Å². The number of nitrogens with zero attached hydrogens (tertiary/aromatic N) is 1. The van der Waals surface area contributed by atoms with Crippen LogP contribution >= 0.6 is 0 Å². The third-order valence-electron chi connectivity index (χ3n) is 4.81. The molecular weight excluding hydrogens is 226 g/mol. The van der Waals surface area contributed by atoms with E-state index in [1.807, 2.05) is 0 Å². The van der Waals surface area contributed by atoms with Crippen LogP contribution in [0.4, 0.5) is 0 Å². The first-order valence-electron chi connectivity index (χ1n) is 7.49. The van der Waals surface area contributed by atoms with Crippen LogP contribution in [0.3, 0.4) is 0 Å². The molecule has 4 nitrogen and oxygen atoms in total. The molecule has 1 amide bonds. The molecule has 0 aromatic heterocycles. The summed E-state index contributed by atoms with van der Waals surface area (Å²) in [6.07, 6.45) is 5.04. The fourth-order valence-electron chi connectivity index (χ4n) is 3.39. The Kier molecular flexibility index (Phi) is 3.57. The number of rotatable bonds is 4. The quantitative estimate of drug-likeness (QED) is 0.768. The largest absolute Gasteiger partial charge is 0.355 e. The van der Waals surface area contributed by atoms with Crippen molar-refractivity contribution in [1.82, 2.24) is 15.5 Å². The van der Waals surface area contributed by atoms with Gasteiger partial charge in [0, 0.05) is 25.2 Å². The van der Waals surface area contributed by atoms with E-state index in [4.69, 9.17) is 0 Å². The predicted octanol–water partition coefficient (Wildman–Crippen LogP) is 0.585. The lowest BCUT2D eigenvalue weighted by atomic mass is 10.0. The number of carbonyl (C=O) groups is 1. The van der Waals surface area contributed by atoms with Gasteiger partial charge >= 0.3 is 0 Å². The Bertz CT molecular complexity index is 316. The van der Waals surface area contributed by atoms with Gasteiger partial charge in [-0.3, -0.25) is 4.79 Å². The maximum atomic E-state index is 12.1. The van der Waals surface area contributed by atoms with E-state index >= 15 is 0 Å². The number of nitrogens with one attached hydrogen (secondary N) is 2. The summed E-state index contributed by atoms with van der Waals surface area (Å²) in [6.45, 7) is 6.42. The second-order valence-electron chi connectivity index (χ2n) is 6.26. The third kappa shape index (κ3) is 2.69. The van der Waals surface area contributed by atoms with Gasteiger partial charge in [-0.1, -0.05) is 0 Å². The standard InChI is InChI=1S/C14H25N3O/c1-10-13(4-6-15-10)14(18)16-8-11-5-7-17(9-11)12-2-3-12/h10-13,15H,2-9H2,1H3,(H,16,18). The van der Waals surface area contributed by atoms with Gasteiger partial charge in [0.2, 0.25) is 5.91 Å². The van der Waals surface area contributed by atoms with Crippen LogP contribution in [0.5, 0.6) is 0 Å². The maximum Gasteiger partial charge on any atom is 0.224 e. The molecular formula is C14H25N3O. The molecule has 1 aliphatic carbocycles. The summed E-state index contributed by atoms with van der Waals surface area (Å²) in [4.78, 5) is 14.7. The van der Waals surface area contributed by atoms with Gasteiger partial charge < -0.3 is 15.5 Å². The molecule has 3 rings (SSSR count). The van der Waals surface area contributed by atoms with Crippen molar-refractivity contribution in [3.8, 4) is 0 Å². The van der Waals surface area contributed by atoms with E-state index in [1.165, 1.54) is 32.4 Å². The van der Waals surface area contributed by atoms with Crippen molar-refractivity contribution in [2.75, 3.05) is 26.2 Å². The van der Waals surface area contributed by atoms with E-state index in [2.05, 4.69) is 22.5 Å². The fraction of sp³-hybridized carbons (Fsp3) is 0.929. The van der Waals surface area contributed by atoms with E-state index in [0.29, 0.717) is 12.0 Å². The van der Waals surface area contributed by atoms with Crippen LogP contribution in [0.2, 0.25) is 0 Å². The number of hydrogen-bond acceptors (Lipinski definition) is 3. The Labute approximate surface area is 109 Å². The van der Waals surface area contributed by atoms with Gasteiger partial charge in [-0.05, 0) is 51.6 Å². The van der Waals surface area contributed by atoms with E-state index in [0.717, 1.165) is 25.6 Å². The fourth-order valence-corrected chi connectivity index (χ4v) is 3.39. The van der Waals surface area contributed by atoms with E-state index < -0.39 is 0 Å². The SMILES string of the molecule is CC1NCCC1C(=O)NCC1CCN(C2CC2)C1. The lowest BCUT2D eigenvalue weighted by Crippen LogP contribution is -2.39. The Morgan fingerprint density at radius 2 is 2.17 bits per heavy atom. The average Bonchev–Trinajstić information content (AvgIpc) is 2.95. The number of carbonyl (C=O) groups excluding carboxylic acids is 1. The zero-order chi connectivity index (χ0) is 12.5. The topological polar surface area (TPSA) is 44.4 Å². The van der Waals surface area contributed by atoms with Gasteiger partial charge in [0.1, 0.15) is 0 Å². The van der Waals surface area contributed by atoms with E-state index in [-0.39, 0.29) is 11.8 Å². The van der Waals surface area contributed by atoms with E-state index in [9.17, 15) is 4.79 Å². The molecule has 3 aliphatic rings. The molecule has 0 spiro atoms. The lowest BCUT2D eigenvalue weighted by molar-refractivity contribution is -0.125. The Morgan fingerprint density at radius 3 is 2.83 bits per heavy atom. The first kappa shape index (κ1) is 12.4. The zero-order valence-electron chi connectivity index (χ0n) is 11.3. The molecule has 3 atom stereocenters. The summed E-state index contributed by atoms with van der Waals surface area (Å²) in [5.41, 5.74) is 0. The first-order valence-corrected chi connectivity index (χ1v) is 7.49. The number of hydrogen-bond donors (Lipinski definition) is 2. The molecule has 0 aromatic rings. The summed E-state index contributed by atoms with van der Waals surface area (Å²) in [7, 11) is 0. The molecule has 0 bridgehead atoms. The highest BCUT2D eigenvalue weighted by Crippen LogP contribution is 2.31. The number of likely N-dealkylation sites (tertiary alicyclic amines) is 1. The molecule has 1 saturated carbocycles. The Morgan fingerprint density at radius 1 is 1.33 bits per heavy atom. The van der Waals surface area contributed by atoms with E-state index in [1.54, 1.807) is 0 Å². The van der Waals surface area contributed by atoms with Crippen molar-refractivity contribution in [3.05, 3.63) is 0 Å². The molecule has 0 aromatic carbocycles. The minimum atomic E-state index is 0.186. The molecule has 3 unspecified atom stereocenters. The first-order chi connectivity index (χ1) is 8.74. The highest BCUT2D eigenvalue weighted by atomic mass is 16.1. The third-order valence-corrected chi connectivity index (χ3v) is 4.81. The van der Waals surface area contributed by atoms with Crippen LogP contribution in [0, 0.1) is 11.8 Å². The average molecular weight is 251 g/mol. The van der Waals surface area contributed by atoms with Gasteiger partial charge in [-0.25, -0.2) is 0 Å². The van der Waals surface area contributed by atoms with Crippen molar-refractivity contribution in [1.29, 1.82) is 0 Å². The molecule has 0 radical (unpaired) electrons. The van der Waals surface area contributed by atoms with Gasteiger partial charge in [-0.2, -0.15) is 0 Å². The minimum Gasteiger partial charge on any atom is -0.355 e. The summed E-state index contributed by atoms with van der Waals surface area (Å²) in [5.74, 6) is 1.13. The highest BCUT2D eigenvalue weighted by molar-refractivity contribution is 5.79. The summed E-state index contributed by atoms with van der Waals surface area (Å²) < 4.78 is 0. The van der Waals surface area contributed by atoms with Crippen LogP contribution in [0.1, 0.15) is 32.6 Å². The lowest BCUT2D eigenvalue weighted by Gasteiger charge is -2.18. The molecule has 18 heavy (non-hydrogen) atoms. The van der Waals surface area contributed by atoms with Crippen LogP contribution in [0.25, 0.3) is 0 Å². The maximum absolute atomic E-state index is 12.1. The molecule has 2 heterocycles. The summed E-state index contributed by atoms with van der Waals surface area (Å²) >= 11 is 0. The van der Waals surface area contributed by atoms with Crippen molar-refractivity contribution in [3.63, 3.8) is 0 Å². The minimum absolute atomic E-state index is 0.186. The zero-order valence-corrected chi connectivity index (χ0v) is 11.3. The Hall–Kier alpha value is -0.610. The van der Waals surface area contributed by atoms with Gasteiger partial charge in [0.15, 0.2) is 0 Å². The monoisotopic (exact) mass is 251 g/mol. The van der Waals surface area contributed by atoms with Gasteiger partial charge in [0.05, 0.1) is 5.92 Å². The second-order valence-corrected chi connectivity index (χ2v) is 6.26. The van der Waals surface area contributed by atoms with Crippen LogP contribution in [0.15, 0.2) is 0 Å². The van der Waals surface area contributed by atoms with Crippen molar-refractivity contribution >= 4 is 5.91 Å².